The molecule has 1 aromatic heterocycles. The number of ether oxygens (including phenoxy) is 5. The van der Waals surface area contributed by atoms with Crippen molar-refractivity contribution in [3.8, 4) is 23.0 Å². The number of carbonyl (C=O) groups is 1. The maximum Gasteiger partial charge on any atom is 0.338 e. The second-order valence-electron chi connectivity index (χ2n) is 8.55. The number of rotatable bonds is 7. The third-order valence-corrected chi connectivity index (χ3v) is 7.17. The summed E-state index contributed by atoms with van der Waals surface area (Å²) in [6, 6.07) is 10.2. The lowest BCUT2D eigenvalue weighted by Crippen LogP contribution is -2.40. The van der Waals surface area contributed by atoms with Crippen LogP contribution in [0.15, 0.2) is 57.5 Å². The number of allylic oxidation sites excluding steroid dienone is 1. The molecule has 1 unspecified atom stereocenters. The van der Waals surface area contributed by atoms with Crippen molar-refractivity contribution < 1.29 is 28.5 Å². The molecule has 0 aliphatic carbocycles. The fraction of sp³-hybridized carbons (Fsp3) is 0.321. The Kier molecular flexibility index (Phi) is 7.24. The first-order chi connectivity index (χ1) is 18.4. The van der Waals surface area contributed by atoms with Crippen LogP contribution in [0.1, 0.15) is 37.9 Å². The first-order valence-corrected chi connectivity index (χ1v) is 13.2. The zero-order valence-corrected chi connectivity index (χ0v) is 22.4. The second kappa shape index (κ2) is 10.7. The van der Waals surface area contributed by atoms with Gasteiger partial charge >= 0.3 is 5.97 Å². The Bertz CT molecular complexity index is 1600. The lowest BCUT2D eigenvalue weighted by Gasteiger charge is -2.25. The molecule has 3 heterocycles. The van der Waals surface area contributed by atoms with E-state index >= 15 is 0 Å². The highest BCUT2D eigenvalue weighted by Crippen LogP contribution is 2.36. The van der Waals surface area contributed by atoms with Crippen LogP contribution in [-0.4, -0.2) is 44.1 Å². The molecule has 1 atom stereocenters. The van der Waals surface area contributed by atoms with Gasteiger partial charge < -0.3 is 23.7 Å². The van der Waals surface area contributed by atoms with Gasteiger partial charge in [0.15, 0.2) is 27.8 Å². The van der Waals surface area contributed by atoms with Gasteiger partial charge in [-0.15, -0.1) is 0 Å². The Labute approximate surface area is 223 Å². The van der Waals surface area contributed by atoms with Gasteiger partial charge in [-0.3, -0.25) is 9.36 Å². The Morgan fingerprint density at radius 3 is 2.63 bits per heavy atom. The van der Waals surface area contributed by atoms with Gasteiger partial charge in [0.1, 0.15) is 13.2 Å². The van der Waals surface area contributed by atoms with Crippen molar-refractivity contribution in [2.24, 2.45) is 4.99 Å². The Morgan fingerprint density at radius 2 is 1.89 bits per heavy atom. The lowest BCUT2D eigenvalue weighted by molar-refractivity contribution is -0.139. The zero-order valence-electron chi connectivity index (χ0n) is 21.6. The molecule has 0 amide bonds. The Balaban J connectivity index is 1.69. The topological polar surface area (TPSA) is 97.6 Å². The zero-order chi connectivity index (χ0) is 26.8. The van der Waals surface area contributed by atoms with Gasteiger partial charge in [-0.25, -0.2) is 9.79 Å². The number of aromatic nitrogens is 1. The average Bonchev–Trinajstić information content (AvgIpc) is 3.22. The monoisotopic (exact) mass is 536 g/mol. The van der Waals surface area contributed by atoms with E-state index in [1.165, 1.54) is 11.3 Å². The summed E-state index contributed by atoms with van der Waals surface area (Å²) in [5.74, 6) is 1.87. The van der Waals surface area contributed by atoms with Crippen molar-refractivity contribution in [3.05, 3.63) is 78.5 Å². The number of nitrogens with zero attached hydrogens (tertiary/aromatic N) is 2. The number of benzene rings is 2. The van der Waals surface area contributed by atoms with Gasteiger partial charge in [0.05, 0.1) is 42.2 Å². The summed E-state index contributed by atoms with van der Waals surface area (Å²) in [6.45, 7) is 6.97. The molecule has 2 aliphatic heterocycles. The third kappa shape index (κ3) is 4.67. The number of thiazole rings is 1. The van der Waals surface area contributed by atoms with Crippen LogP contribution in [0.5, 0.6) is 23.0 Å². The fourth-order valence-corrected chi connectivity index (χ4v) is 5.59. The molecule has 5 rings (SSSR count). The van der Waals surface area contributed by atoms with Crippen LogP contribution in [0.25, 0.3) is 6.08 Å². The van der Waals surface area contributed by atoms with Crippen molar-refractivity contribution in [1.82, 2.24) is 4.57 Å². The van der Waals surface area contributed by atoms with Gasteiger partial charge in [0.2, 0.25) is 0 Å². The molecule has 10 heteroatoms. The van der Waals surface area contributed by atoms with E-state index in [1.807, 2.05) is 31.2 Å². The van der Waals surface area contributed by atoms with Crippen molar-refractivity contribution in [3.63, 3.8) is 0 Å². The maximum atomic E-state index is 13.9. The molecule has 0 saturated heterocycles. The predicted molar refractivity (Wildman–Crippen MR) is 142 cm³/mol. The highest BCUT2D eigenvalue weighted by Gasteiger charge is 2.34. The van der Waals surface area contributed by atoms with E-state index in [0.717, 1.165) is 5.56 Å². The third-order valence-electron chi connectivity index (χ3n) is 6.18. The van der Waals surface area contributed by atoms with E-state index in [-0.39, 0.29) is 12.2 Å². The summed E-state index contributed by atoms with van der Waals surface area (Å²) in [5, 5.41) is 0. The fourth-order valence-electron chi connectivity index (χ4n) is 4.54. The first kappa shape index (κ1) is 25.6. The number of fused-ring (bicyclic) bond motifs is 2. The minimum atomic E-state index is -0.752. The summed E-state index contributed by atoms with van der Waals surface area (Å²) in [4.78, 5) is 32.1. The van der Waals surface area contributed by atoms with Gasteiger partial charge in [-0.2, -0.15) is 0 Å². The largest absolute Gasteiger partial charge is 0.493 e. The summed E-state index contributed by atoms with van der Waals surface area (Å²) in [7, 11) is 1.56. The van der Waals surface area contributed by atoms with Crippen molar-refractivity contribution in [2.45, 2.75) is 26.8 Å². The molecule has 0 spiro atoms. The van der Waals surface area contributed by atoms with Gasteiger partial charge in [0, 0.05) is 0 Å². The van der Waals surface area contributed by atoms with E-state index in [0.29, 0.717) is 69.0 Å². The summed E-state index contributed by atoms with van der Waals surface area (Å²) in [5.41, 5.74) is 2.00. The molecular weight excluding hydrogens is 508 g/mol. The van der Waals surface area contributed by atoms with E-state index in [2.05, 4.69) is 4.99 Å². The van der Waals surface area contributed by atoms with Crippen molar-refractivity contribution in [2.75, 3.05) is 33.5 Å². The van der Waals surface area contributed by atoms with E-state index in [1.54, 1.807) is 43.7 Å². The molecule has 9 nitrogen and oxygen atoms in total. The van der Waals surface area contributed by atoms with Gasteiger partial charge in [0.25, 0.3) is 5.56 Å². The molecule has 0 fully saturated rings. The quantitative estimate of drug-likeness (QED) is 0.428. The van der Waals surface area contributed by atoms with Gasteiger partial charge in [-0.1, -0.05) is 23.5 Å². The van der Waals surface area contributed by atoms with Gasteiger partial charge in [-0.05, 0) is 62.2 Å². The molecule has 0 saturated carbocycles. The molecule has 198 valence electrons. The molecule has 2 aromatic carbocycles. The van der Waals surface area contributed by atoms with Crippen molar-refractivity contribution in [1.29, 1.82) is 0 Å². The van der Waals surface area contributed by atoms with Crippen LogP contribution in [0.3, 0.4) is 0 Å². The minimum Gasteiger partial charge on any atom is -0.493 e. The number of hydrogen-bond acceptors (Lipinski definition) is 9. The number of carbonyl (C=O) groups excluding carboxylic acids is 1. The van der Waals surface area contributed by atoms with Crippen LogP contribution in [0, 0.1) is 0 Å². The molecule has 38 heavy (non-hydrogen) atoms. The summed E-state index contributed by atoms with van der Waals surface area (Å²) in [6.07, 6.45) is 1.79. The van der Waals surface area contributed by atoms with Crippen LogP contribution in [0.4, 0.5) is 0 Å². The second-order valence-corrected chi connectivity index (χ2v) is 9.56. The smallest absolute Gasteiger partial charge is 0.338 e. The molecule has 2 aliphatic rings. The van der Waals surface area contributed by atoms with Crippen LogP contribution in [0.2, 0.25) is 0 Å². The number of esters is 1. The average molecular weight is 537 g/mol. The van der Waals surface area contributed by atoms with E-state index < -0.39 is 12.0 Å². The molecule has 0 radical (unpaired) electrons. The normalized spacial score (nSPS) is 16.5. The van der Waals surface area contributed by atoms with Crippen molar-refractivity contribution >= 4 is 23.4 Å². The van der Waals surface area contributed by atoms with Crippen LogP contribution >= 0.6 is 11.3 Å². The Morgan fingerprint density at radius 1 is 1.11 bits per heavy atom. The Hall–Kier alpha value is -4.05. The standard InChI is InChI=1S/C28H28N2O7S/c1-5-34-22-15-18(8-10-19(22)33-4)25-24(27(32)35-6-2)16(3)29-28-30(25)26(31)23(38-28)14-17-7-9-20-21(13-17)37-12-11-36-20/h7-10,13-15,25H,5-6,11-12H2,1-4H3/b23-14+. The van der Waals surface area contributed by atoms with Crippen LogP contribution < -0.4 is 33.8 Å². The van der Waals surface area contributed by atoms with Crippen LogP contribution in [-0.2, 0) is 9.53 Å². The molecule has 0 bridgehead atoms. The predicted octanol–water partition coefficient (Wildman–Crippen LogP) is 2.98. The highest BCUT2D eigenvalue weighted by atomic mass is 32.1. The lowest BCUT2D eigenvalue weighted by atomic mass is 9.95. The molecular formula is C28H28N2O7S. The summed E-state index contributed by atoms with van der Waals surface area (Å²) >= 11 is 1.26. The SMILES string of the molecule is CCOC(=O)C1=C(C)N=c2s/c(=C/c3ccc4c(c3)OCCO4)c(=O)n2C1c1ccc(OC)c(OCC)c1. The van der Waals surface area contributed by atoms with E-state index in [4.69, 9.17) is 23.7 Å². The maximum absolute atomic E-state index is 13.9. The number of hydrogen-bond donors (Lipinski definition) is 0. The highest BCUT2D eigenvalue weighted by molar-refractivity contribution is 7.07. The van der Waals surface area contributed by atoms with E-state index in [9.17, 15) is 9.59 Å². The minimum absolute atomic E-state index is 0.198. The molecule has 0 N–H and O–H groups in total. The number of methoxy groups -OCH3 is 1. The first-order valence-electron chi connectivity index (χ1n) is 12.3. The summed E-state index contributed by atoms with van der Waals surface area (Å²) < 4.78 is 29.9. The molecule has 3 aromatic rings.